The van der Waals surface area contributed by atoms with E-state index in [4.69, 9.17) is 21.1 Å². The Kier molecular flexibility index (Phi) is 7.37. The van der Waals surface area contributed by atoms with Gasteiger partial charge < -0.3 is 14.8 Å². The van der Waals surface area contributed by atoms with Gasteiger partial charge >= 0.3 is 12.1 Å². The molecule has 42 heavy (non-hydrogen) atoms. The summed E-state index contributed by atoms with van der Waals surface area (Å²) in [4.78, 5) is 35.9. The van der Waals surface area contributed by atoms with Gasteiger partial charge in [-0.3, -0.25) is 0 Å². The highest BCUT2D eigenvalue weighted by Crippen LogP contribution is 2.61. The molecule has 0 unspecified atom stereocenters. The quantitative estimate of drug-likeness (QED) is 0.290. The summed E-state index contributed by atoms with van der Waals surface area (Å²) in [5.41, 5.74) is 2.66. The summed E-state index contributed by atoms with van der Waals surface area (Å²) < 4.78 is 10.6. The van der Waals surface area contributed by atoms with Crippen LogP contribution in [-0.2, 0) is 14.9 Å². The predicted molar refractivity (Wildman–Crippen MR) is 163 cm³/mol. The molecule has 8 nitrogen and oxygen atoms in total. The molecule has 1 heterocycles. The first kappa shape index (κ1) is 28.5. The van der Waals surface area contributed by atoms with Crippen molar-refractivity contribution in [1.82, 2.24) is 9.97 Å². The molecule has 0 saturated heterocycles. The van der Waals surface area contributed by atoms with E-state index in [-0.39, 0.29) is 22.6 Å². The predicted octanol–water partition coefficient (Wildman–Crippen LogP) is 8.20. The molecular weight excluding hydrogens is 552 g/mol. The molecule has 0 atom stereocenters. The summed E-state index contributed by atoms with van der Waals surface area (Å²) in [6, 6.07) is 13.0. The molecule has 1 amide bonds. The first-order valence-corrected chi connectivity index (χ1v) is 15.0. The second kappa shape index (κ2) is 10.9. The third-order valence-electron chi connectivity index (χ3n) is 8.86. The van der Waals surface area contributed by atoms with Crippen LogP contribution in [-0.4, -0.2) is 34.7 Å². The van der Waals surface area contributed by atoms with Gasteiger partial charge in [0.1, 0.15) is 5.60 Å². The Morgan fingerprint density at radius 1 is 0.976 bits per heavy atom. The van der Waals surface area contributed by atoms with Crippen molar-refractivity contribution in [1.29, 1.82) is 0 Å². The molecule has 9 heteroatoms. The van der Waals surface area contributed by atoms with Crippen molar-refractivity contribution in [3.63, 3.8) is 0 Å². The number of methoxy groups -OCH3 is 1. The van der Waals surface area contributed by atoms with Crippen molar-refractivity contribution in [2.45, 2.75) is 70.3 Å². The van der Waals surface area contributed by atoms with Crippen LogP contribution in [0.3, 0.4) is 0 Å². The smallest absolute Gasteiger partial charge is 0.421 e. The molecule has 4 fully saturated rings. The number of hydrogen-bond donors (Lipinski definition) is 1. The Morgan fingerprint density at radius 2 is 1.60 bits per heavy atom. The van der Waals surface area contributed by atoms with Crippen molar-refractivity contribution in [3.8, 4) is 0 Å². The van der Waals surface area contributed by atoms with E-state index >= 15 is 0 Å². The second-order valence-corrected chi connectivity index (χ2v) is 13.5. The monoisotopic (exact) mass is 588 g/mol. The number of anilines is 4. The molecular formula is C33H37ClN4O4. The number of halogens is 1. The van der Waals surface area contributed by atoms with Crippen molar-refractivity contribution in [2.24, 2.45) is 17.8 Å². The number of para-hydroxylation sites is 1. The highest BCUT2D eigenvalue weighted by atomic mass is 35.5. The molecule has 3 aromatic rings. The SMILES string of the molecule is COC(=O)c1ccccc1N(C(=O)OC(C)(C)C)c1ncc(Nc2ccc(C34CC5CC(CC(C5)C3)C4)cc2Cl)cn1. The minimum Gasteiger partial charge on any atom is -0.465 e. The molecule has 1 N–H and O–H groups in total. The standard InChI is InChI=1S/C33H37ClN4O4/c1-32(2,3)42-31(40)38(28-8-6-5-7-25(28)29(39)41-4)30-35-18-24(19-36-30)37-27-10-9-23(14-26(27)34)33-15-20-11-21(16-33)13-22(12-20)17-33/h5-10,14,18-22,37H,11-13,15-17H2,1-4H3. The van der Waals surface area contributed by atoms with Crippen LogP contribution < -0.4 is 10.2 Å². The summed E-state index contributed by atoms with van der Waals surface area (Å²) >= 11 is 6.83. The normalized spacial score (nSPS) is 24.3. The fraction of sp³-hybridized carbons (Fsp3) is 0.455. The number of amides is 1. The van der Waals surface area contributed by atoms with Crippen molar-refractivity contribution >= 4 is 46.7 Å². The zero-order valence-electron chi connectivity index (χ0n) is 24.5. The van der Waals surface area contributed by atoms with Gasteiger partial charge in [0.15, 0.2) is 0 Å². The Bertz CT molecular complexity index is 1470. The fourth-order valence-corrected chi connectivity index (χ4v) is 7.84. The van der Waals surface area contributed by atoms with Gasteiger partial charge in [-0.1, -0.05) is 29.8 Å². The second-order valence-electron chi connectivity index (χ2n) is 13.1. The van der Waals surface area contributed by atoms with Gasteiger partial charge in [0, 0.05) is 0 Å². The van der Waals surface area contributed by atoms with Crippen molar-refractivity contribution in [2.75, 3.05) is 17.3 Å². The minimum atomic E-state index is -0.782. The number of rotatable bonds is 6. The Hall–Kier alpha value is -3.65. The first-order chi connectivity index (χ1) is 20.0. The van der Waals surface area contributed by atoms with E-state index in [0.29, 0.717) is 10.7 Å². The molecule has 0 spiro atoms. The van der Waals surface area contributed by atoms with Crippen LogP contribution in [0.4, 0.5) is 27.8 Å². The van der Waals surface area contributed by atoms with E-state index in [1.165, 1.54) is 56.1 Å². The molecule has 1 aromatic heterocycles. The summed E-state index contributed by atoms with van der Waals surface area (Å²) in [7, 11) is 1.29. The highest BCUT2D eigenvalue weighted by molar-refractivity contribution is 6.33. The third kappa shape index (κ3) is 5.56. The number of nitrogens with zero attached hydrogens (tertiary/aromatic N) is 3. The molecule has 4 bridgehead atoms. The maximum Gasteiger partial charge on any atom is 0.421 e. The van der Waals surface area contributed by atoms with Crippen LogP contribution in [0, 0.1) is 17.8 Å². The average Bonchev–Trinajstić information content (AvgIpc) is 2.93. The van der Waals surface area contributed by atoms with Crippen LogP contribution in [0.1, 0.15) is 75.2 Å². The number of carbonyl (C=O) groups excluding carboxylic acids is 2. The van der Waals surface area contributed by atoms with Crippen molar-refractivity contribution < 1.29 is 19.1 Å². The Morgan fingerprint density at radius 3 is 2.17 bits per heavy atom. The van der Waals surface area contributed by atoms with E-state index in [9.17, 15) is 9.59 Å². The number of benzene rings is 2. The molecule has 2 aromatic carbocycles. The van der Waals surface area contributed by atoms with Gasteiger partial charge in [0.25, 0.3) is 0 Å². The number of ether oxygens (including phenoxy) is 2. The number of aromatic nitrogens is 2. The topological polar surface area (TPSA) is 93.7 Å². The zero-order valence-corrected chi connectivity index (χ0v) is 25.3. The Labute approximate surface area is 251 Å². The van der Waals surface area contributed by atoms with E-state index in [0.717, 1.165) is 23.4 Å². The van der Waals surface area contributed by atoms with Crippen molar-refractivity contribution in [3.05, 3.63) is 71.0 Å². The van der Waals surface area contributed by atoms with Gasteiger partial charge in [0.05, 0.1) is 47.2 Å². The summed E-state index contributed by atoms with van der Waals surface area (Å²) in [5.74, 6) is 2.05. The fourth-order valence-electron chi connectivity index (χ4n) is 7.61. The molecule has 0 aliphatic heterocycles. The van der Waals surface area contributed by atoms with E-state index in [1.807, 2.05) is 6.07 Å². The lowest BCUT2D eigenvalue weighted by atomic mass is 9.48. The molecule has 4 aliphatic carbocycles. The van der Waals surface area contributed by atoms with E-state index < -0.39 is 17.7 Å². The number of hydrogen-bond acceptors (Lipinski definition) is 7. The van der Waals surface area contributed by atoms with Crippen LogP contribution in [0.25, 0.3) is 0 Å². The summed E-state index contributed by atoms with van der Waals surface area (Å²) in [6.45, 7) is 5.30. The van der Waals surface area contributed by atoms with Crippen LogP contribution in [0.15, 0.2) is 54.9 Å². The van der Waals surface area contributed by atoms with Gasteiger partial charge in [-0.2, -0.15) is 0 Å². The minimum absolute atomic E-state index is 0.0504. The highest BCUT2D eigenvalue weighted by Gasteiger charge is 2.51. The largest absolute Gasteiger partial charge is 0.465 e. The molecule has 0 radical (unpaired) electrons. The van der Waals surface area contributed by atoms with E-state index in [2.05, 4.69) is 27.4 Å². The summed E-state index contributed by atoms with van der Waals surface area (Å²) in [5, 5.41) is 3.98. The van der Waals surface area contributed by atoms with Crippen LogP contribution in [0.2, 0.25) is 5.02 Å². The number of nitrogens with one attached hydrogen (secondary N) is 1. The molecule has 4 aliphatic rings. The number of carbonyl (C=O) groups is 2. The average molecular weight is 589 g/mol. The molecule has 4 saturated carbocycles. The van der Waals surface area contributed by atoms with Crippen LogP contribution >= 0.6 is 11.6 Å². The summed E-state index contributed by atoms with van der Waals surface area (Å²) in [6.07, 6.45) is 10.5. The number of esters is 1. The lowest BCUT2D eigenvalue weighted by Gasteiger charge is -2.57. The van der Waals surface area contributed by atoms with Gasteiger partial charge in [-0.05, 0) is 112 Å². The van der Waals surface area contributed by atoms with E-state index in [1.54, 1.807) is 57.4 Å². The van der Waals surface area contributed by atoms with Crippen LogP contribution in [0.5, 0.6) is 0 Å². The molecule has 220 valence electrons. The maximum atomic E-state index is 13.3. The lowest BCUT2D eigenvalue weighted by molar-refractivity contribution is -0.00518. The third-order valence-corrected chi connectivity index (χ3v) is 9.18. The van der Waals surface area contributed by atoms with Gasteiger partial charge in [-0.25, -0.2) is 24.5 Å². The lowest BCUT2D eigenvalue weighted by Crippen LogP contribution is -2.48. The van der Waals surface area contributed by atoms with Gasteiger partial charge in [0.2, 0.25) is 5.95 Å². The Balaban J connectivity index is 1.25. The molecule has 7 rings (SSSR count). The zero-order chi connectivity index (χ0) is 29.6. The first-order valence-electron chi connectivity index (χ1n) is 14.6. The maximum absolute atomic E-state index is 13.3. The van der Waals surface area contributed by atoms with Gasteiger partial charge in [-0.15, -0.1) is 0 Å².